The van der Waals surface area contributed by atoms with Gasteiger partial charge in [0.1, 0.15) is 5.82 Å². The fourth-order valence-corrected chi connectivity index (χ4v) is 2.58. The zero-order valence-electron chi connectivity index (χ0n) is 13.0. The van der Waals surface area contributed by atoms with Crippen molar-refractivity contribution < 1.29 is 17.6 Å². The standard InChI is InChI=1S/C16H18FN3O3S/c1-24(22,23)20-14-7-4-5-12(9-14)10-18-16(21)19-11-13-6-2-3-8-15(13)17/h2-9,20H,10-11H2,1H3,(H2,18,19,21). The van der Waals surface area contributed by atoms with Crippen molar-refractivity contribution in [1.29, 1.82) is 0 Å². The van der Waals surface area contributed by atoms with Gasteiger partial charge in [-0.05, 0) is 23.8 Å². The molecule has 8 heteroatoms. The number of urea groups is 1. The average molecular weight is 351 g/mol. The molecule has 0 aliphatic rings. The summed E-state index contributed by atoms with van der Waals surface area (Å²) >= 11 is 0. The number of anilines is 1. The zero-order chi connectivity index (χ0) is 17.6. The van der Waals surface area contributed by atoms with E-state index in [9.17, 15) is 17.6 Å². The van der Waals surface area contributed by atoms with Gasteiger partial charge in [0.15, 0.2) is 0 Å². The molecule has 0 spiro atoms. The van der Waals surface area contributed by atoms with E-state index in [1.807, 2.05) is 0 Å². The summed E-state index contributed by atoms with van der Waals surface area (Å²) in [4.78, 5) is 11.8. The van der Waals surface area contributed by atoms with Crippen molar-refractivity contribution in [3.05, 3.63) is 65.5 Å². The molecule has 0 radical (unpaired) electrons. The maximum absolute atomic E-state index is 13.4. The van der Waals surface area contributed by atoms with Gasteiger partial charge in [-0.3, -0.25) is 4.72 Å². The van der Waals surface area contributed by atoms with E-state index in [2.05, 4.69) is 15.4 Å². The molecular formula is C16H18FN3O3S. The molecule has 0 bridgehead atoms. The third kappa shape index (κ3) is 5.88. The number of sulfonamides is 1. The third-order valence-corrected chi connectivity index (χ3v) is 3.69. The highest BCUT2D eigenvalue weighted by molar-refractivity contribution is 7.92. The molecule has 0 aromatic heterocycles. The zero-order valence-corrected chi connectivity index (χ0v) is 13.9. The Morgan fingerprint density at radius 2 is 1.75 bits per heavy atom. The van der Waals surface area contributed by atoms with Crippen LogP contribution in [0.2, 0.25) is 0 Å². The van der Waals surface area contributed by atoms with Crippen LogP contribution in [0.1, 0.15) is 11.1 Å². The second kappa shape index (κ2) is 7.78. The van der Waals surface area contributed by atoms with E-state index in [-0.39, 0.29) is 18.9 Å². The van der Waals surface area contributed by atoms with Gasteiger partial charge in [-0.2, -0.15) is 0 Å². The molecule has 0 fully saturated rings. The van der Waals surface area contributed by atoms with E-state index < -0.39 is 16.1 Å². The van der Waals surface area contributed by atoms with Crippen LogP contribution in [0.3, 0.4) is 0 Å². The monoisotopic (exact) mass is 351 g/mol. The molecule has 6 nitrogen and oxygen atoms in total. The lowest BCUT2D eigenvalue weighted by Crippen LogP contribution is -2.34. The summed E-state index contributed by atoms with van der Waals surface area (Å²) in [5.41, 5.74) is 1.54. The van der Waals surface area contributed by atoms with Crippen molar-refractivity contribution in [2.45, 2.75) is 13.1 Å². The van der Waals surface area contributed by atoms with Crippen molar-refractivity contribution in [1.82, 2.24) is 10.6 Å². The third-order valence-electron chi connectivity index (χ3n) is 3.08. The molecule has 0 saturated heterocycles. The summed E-state index contributed by atoms with van der Waals surface area (Å²) in [5, 5.41) is 5.19. The average Bonchev–Trinajstić information content (AvgIpc) is 2.51. The van der Waals surface area contributed by atoms with Crippen molar-refractivity contribution in [3.63, 3.8) is 0 Å². The van der Waals surface area contributed by atoms with Crippen LogP contribution in [0.15, 0.2) is 48.5 Å². The van der Waals surface area contributed by atoms with E-state index in [1.165, 1.54) is 6.07 Å². The minimum Gasteiger partial charge on any atom is -0.334 e. The van der Waals surface area contributed by atoms with E-state index in [4.69, 9.17) is 0 Å². The van der Waals surface area contributed by atoms with Crippen LogP contribution in [0.5, 0.6) is 0 Å². The number of carbonyl (C=O) groups is 1. The highest BCUT2D eigenvalue weighted by Gasteiger charge is 2.05. The summed E-state index contributed by atoms with van der Waals surface area (Å²) in [6.45, 7) is 0.288. The number of benzene rings is 2. The number of rotatable bonds is 6. The van der Waals surface area contributed by atoms with Gasteiger partial charge in [0, 0.05) is 24.3 Å². The second-order valence-electron chi connectivity index (χ2n) is 5.20. The van der Waals surface area contributed by atoms with Crippen LogP contribution in [0.4, 0.5) is 14.9 Å². The van der Waals surface area contributed by atoms with Crippen LogP contribution in [0.25, 0.3) is 0 Å². The fourth-order valence-electron chi connectivity index (χ4n) is 2.02. The minimum absolute atomic E-state index is 0.0776. The maximum atomic E-state index is 13.4. The topological polar surface area (TPSA) is 87.3 Å². The van der Waals surface area contributed by atoms with Gasteiger partial charge >= 0.3 is 6.03 Å². The van der Waals surface area contributed by atoms with E-state index in [0.717, 1.165) is 11.8 Å². The molecule has 0 atom stereocenters. The minimum atomic E-state index is -3.35. The predicted molar refractivity (Wildman–Crippen MR) is 90.4 cm³/mol. The Hall–Kier alpha value is -2.61. The van der Waals surface area contributed by atoms with Crippen molar-refractivity contribution in [2.24, 2.45) is 0 Å². The van der Waals surface area contributed by atoms with Gasteiger partial charge in [0.25, 0.3) is 0 Å². The lowest BCUT2D eigenvalue weighted by atomic mass is 10.2. The summed E-state index contributed by atoms with van der Waals surface area (Å²) in [5.74, 6) is -0.377. The number of carbonyl (C=O) groups excluding carboxylic acids is 1. The smallest absolute Gasteiger partial charge is 0.315 e. The fraction of sp³-hybridized carbons (Fsp3) is 0.188. The van der Waals surface area contributed by atoms with Gasteiger partial charge in [0.2, 0.25) is 10.0 Å². The summed E-state index contributed by atoms with van der Waals surface area (Å²) in [7, 11) is -3.35. The molecule has 2 aromatic carbocycles. The number of amides is 2. The molecule has 128 valence electrons. The van der Waals surface area contributed by atoms with Gasteiger partial charge in [-0.25, -0.2) is 17.6 Å². The molecule has 0 heterocycles. The second-order valence-corrected chi connectivity index (χ2v) is 6.95. The number of nitrogens with one attached hydrogen (secondary N) is 3. The summed E-state index contributed by atoms with van der Waals surface area (Å²) < 4.78 is 38.2. The predicted octanol–water partition coefficient (Wildman–Crippen LogP) is 2.20. The van der Waals surface area contributed by atoms with Crippen molar-refractivity contribution in [2.75, 3.05) is 11.0 Å². The highest BCUT2D eigenvalue weighted by Crippen LogP contribution is 2.11. The number of hydrogen-bond donors (Lipinski definition) is 3. The van der Waals surface area contributed by atoms with Crippen LogP contribution in [-0.4, -0.2) is 20.7 Å². The lowest BCUT2D eigenvalue weighted by molar-refractivity contribution is 0.240. The SMILES string of the molecule is CS(=O)(=O)Nc1cccc(CNC(=O)NCc2ccccc2F)c1. The Kier molecular flexibility index (Phi) is 5.75. The quantitative estimate of drug-likeness (QED) is 0.746. The number of hydrogen-bond acceptors (Lipinski definition) is 3. The number of halogens is 1. The normalized spacial score (nSPS) is 10.9. The van der Waals surface area contributed by atoms with Crippen LogP contribution >= 0.6 is 0 Å². The highest BCUT2D eigenvalue weighted by atomic mass is 32.2. The lowest BCUT2D eigenvalue weighted by Gasteiger charge is -2.10. The first-order chi connectivity index (χ1) is 11.3. The molecule has 24 heavy (non-hydrogen) atoms. The molecule has 2 rings (SSSR count). The Balaban J connectivity index is 1.85. The molecule has 0 aliphatic heterocycles. The first-order valence-corrected chi connectivity index (χ1v) is 9.04. The molecule has 0 aliphatic carbocycles. The first-order valence-electron chi connectivity index (χ1n) is 7.15. The molecule has 0 saturated carbocycles. The largest absolute Gasteiger partial charge is 0.334 e. The van der Waals surface area contributed by atoms with E-state index >= 15 is 0 Å². The maximum Gasteiger partial charge on any atom is 0.315 e. The van der Waals surface area contributed by atoms with E-state index in [1.54, 1.807) is 42.5 Å². The molecule has 2 amide bonds. The van der Waals surface area contributed by atoms with Crippen LogP contribution in [-0.2, 0) is 23.1 Å². The molecule has 3 N–H and O–H groups in total. The Morgan fingerprint density at radius 3 is 2.46 bits per heavy atom. The molecule has 2 aromatic rings. The van der Waals surface area contributed by atoms with Gasteiger partial charge in [0.05, 0.1) is 6.26 Å². The Labute approximate surface area is 140 Å². The van der Waals surface area contributed by atoms with Gasteiger partial charge in [-0.15, -0.1) is 0 Å². The first kappa shape index (κ1) is 17.7. The van der Waals surface area contributed by atoms with Gasteiger partial charge in [-0.1, -0.05) is 30.3 Å². The van der Waals surface area contributed by atoms with Crippen molar-refractivity contribution >= 4 is 21.7 Å². The van der Waals surface area contributed by atoms with Gasteiger partial charge < -0.3 is 10.6 Å². The summed E-state index contributed by atoms with van der Waals surface area (Å²) in [6, 6.07) is 12.4. The van der Waals surface area contributed by atoms with Crippen LogP contribution in [0, 0.1) is 5.82 Å². The Morgan fingerprint density at radius 1 is 1.04 bits per heavy atom. The molecular weight excluding hydrogens is 333 g/mol. The Bertz CT molecular complexity index is 825. The molecule has 0 unspecified atom stereocenters. The summed E-state index contributed by atoms with van der Waals surface area (Å²) in [6.07, 6.45) is 1.06. The van der Waals surface area contributed by atoms with Crippen molar-refractivity contribution in [3.8, 4) is 0 Å². The van der Waals surface area contributed by atoms with Crippen LogP contribution < -0.4 is 15.4 Å². The van der Waals surface area contributed by atoms with E-state index in [0.29, 0.717) is 11.3 Å².